The molecular weight excluding hydrogens is 267 g/mol. The Hall–Kier alpha value is -0.600. The van der Waals surface area contributed by atoms with E-state index in [1.807, 2.05) is 0 Å². The van der Waals surface area contributed by atoms with Gasteiger partial charge in [0.1, 0.15) is 0 Å². The van der Waals surface area contributed by atoms with Gasteiger partial charge in [0.25, 0.3) is 0 Å². The summed E-state index contributed by atoms with van der Waals surface area (Å²) in [5.41, 5.74) is 7.12. The molecule has 0 spiro atoms. The van der Waals surface area contributed by atoms with Gasteiger partial charge in [0.2, 0.25) is 0 Å². The maximum Gasteiger partial charge on any atom is 0.0722 e. The number of hydrogen-bond acceptors (Lipinski definition) is 2. The summed E-state index contributed by atoms with van der Waals surface area (Å²) in [5.74, 6) is 1.54. The van der Waals surface area contributed by atoms with Crippen LogP contribution in [0, 0.1) is 11.8 Å². The first-order valence-electron chi connectivity index (χ1n) is 6.48. The predicted octanol–water partition coefficient (Wildman–Crippen LogP) is 4.81. The molecule has 1 aliphatic carbocycles. The molecule has 2 rings (SSSR count). The third kappa shape index (κ3) is 3.04. The Morgan fingerprint density at radius 2 is 1.72 bits per heavy atom. The number of nitrogens with two attached hydrogens (primary N) is 1. The zero-order valence-electron chi connectivity index (χ0n) is 10.8. The van der Waals surface area contributed by atoms with Crippen molar-refractivity contribution in [2.24, 2.45) is 11.8 Å². The van der Waals surface area contributed by atoms with Gasteiger partial charge in [0.15, 0.2) is 0 Å². The van der Waals surface area contributed by atoms with Crippen molar-refractivity contribution in [3.05, 3.63) is 22.2 Å². The minimum Gasteiger partial charge on any atom is -0.399 e. The van der Waals surface area contributed by atoms with E-state index >= 15 is 0 Å². The molecule has 1 fully saturated rings. The highest BCUT2D eigenvalue weighted by atomic mass is 35.5. The van der Waals surface area contributed by atoms with Crippen molar-refractivity contribution < 1.29 is 0 Å². The minimum atomic E-state index is 0.454. The van der Waals surface area contributed by atoms with Gasteiger partial charge in [-0.05, 0) is 43.2 Å². The lowest BCUT2D eigenvalue weighted by Gasteiger charge is -2.33. The summed E-state index contributed by atoms with van der Waals surface area (Å²) in [5, 5.41) is 4.68. The van der Waals surface area contributed by atoms with Gasteiger partial charge in [0.05, 0.1) is 15.7 Å². The number of benzene rings is 1. The fraction of sp³-hybridized carbons (Fsp3) is 0.571. The summed E-state index contributed by atoms with van der Waals surface area (Å²) < 4.78 is 0. The molecule has 0 radical (unpaired) electrons. The zero-order chi connectivity index (χ0) is 13.3. The van der Waals surface area contributed by atoms with Crippen molar-refractivity contribution >= 4 is 34.6 Å². The molecule has 2 nitrogen and oxygen atoms in total. The fourth-order valence-corrected chi connectivity index (χ4v) is 3.23. The summed E-state index contributed by atoms with van der Waals surface area (Å²) in [7, 11) is 0. The fourth-order valence-electron chi connectivity index (χ4n) is 2.61. The Bertz CT molecular complexity index is 411. The van der Waals surface area contributed by atoms with Crippen LogP contribution in [0.5, 0.6) is 0 Å². The Balaban J connectivity index is 2.10. The topological polar surface area (TPSA) is 38.0 Å². The van der Waals surface area contributed by atoms with Crippen LogP contribution in [0.25, 0.3) is 0 Å². The van der Waals surface area contributed by atoms with Crippen LogP contribution < -0.4 is 11.1 Å². The lowest BCUT2D eigenvalue weighted by atomic mass is 9.79. The van der Waals surface area contributed by atoms with Crippen LogP contribution in [-0.2, 0) is 0 Å². The largest absolute Gasteiger partial charge is 0.399 e. The molecule has 0 aliphatic heterocycles. The smallest absolute Gasteiger partial charge is 0.0722 e. The van der Waals surface area contributed by atoms with E-state index in [0.29, 0.717) is 21.8 Å². The highest BCUT2D eigenvalue weighted by Crippen LogP contribution is 2.36. The predicted molar refractivity (Wildman–Crippen MR) is 80.5 cm³/mol. The summed E-state index contributed by atoms with van der Waals surface area (Å²) in [6, 6.07) is 3.93. The summed E-state index contributed by atoms with van der Waals surface area (Å²) in [6.45, 7) is 4.63. The van der Waals surface area contributed by atoms with Crippen molar-refractivity contribution in [2.45, 2.75) is 39.2 Å². The van der Waals surface area contributed by atoms with Crippen LogP contribution in [0.3, 0.4) is 0 Å². The van der Waals surface area contributed by atoms with E-state index < -0.39 is 0 Å². The third-order valence-corrected chi connectivity index (χ3v) is 4.61. The number of rotatable bonds is 2. The molecule has 0 heterocycles. The van der Waals surface area contributed by atoms with E-state index in [0.717, 1.165) is 23.9 Å². The standard InChI is InChI=1S/C14H20Cl2N2/c1-8-3-4-11(5-9(8)2)18-14-12(15)6-10(17)7-13(14)16/h6-9,11,18H,3-5,17H2,1-2H3. The third-order valence-electron chi connectivity index (χ3n) is 4.01. The Morgan fingerprint density at radius 3 is 2.28 bits per heavy atom. The van der Waals surface area contributed by atoms with Crippen LogP contribution in [0.2, 0.25) is 10.0 Å². The van der Waals surface area contributed by atoms with E-state index in [4.69, 9.17) is 28.9 Å². The Labute approximate surface area is 119 Å². The first kappa shape index (κ1) is 13.8. The average molecular weight is 287 g/mol. The SMILES string of the molecule is CC1CCC(Nc2c(Cl)cc(N)cc2Cl)CC1C. The number of nitrogen functional groups attached to an aromatic ring is 1. The van der Waals surface area contributed by atoms with Crippen molar-refractivity contribution in [1.82, 2.24) is 0 Å². The Kier molecular flexibility index (Phi) is 4.29. The molecule has 4 heteroatoms. The molecule has 18 heavy (non-hydrogen) atoms. The van der Waals surface area contributed by atoms with Gasteiger partial charge < -0.3 is 11.1 Å². The Morgan fingerprint density at radius 1 is 1.11 bits per heavy atom. The summed E-state index contributed by atoms with van der Waals surface area (Å²) >= 11 is 12.4. The summed E-state index contributed by atoms with van der Waals surface area (Å²) in [4.78, 5) is 0. The van der Waals surface area contributed by atoms with Gasteiger partial charge >= 0.3 is 0 Å². The highest BCUT2D eigenvalue weighted by molar-refractivity contribution is 6.39. The molecule has 1 aromatic carbocycles. The van der Waals surface area contributed by atoms with Crippen LogP contribution in [0.1, 0.15) is 33.1 Å². The van der Waals surface area contributed by atoms with Gasteiger partial charge in [0, 0.05) is 11.7 Å². The molecule has 1 saturated carbocycles. The van der Waals surface area contributed by atoms with E-state index in [2.05, 4.69) is 19.2 Å². The molecule has 3 atom stereocenters. The normalized spacial score (nSPS) is 28.1. The second-order valence-corrected chi connectivity index (χ2v) is 6.28. The maximum atomic E-state index is 6.19. The molecule has 3 N–H and O–H groups in total. The molecule has 0 amide bonds. The van der Waals surface area contributed by atoms with E-state index in [-0.39, 0.29) is 0 Å². The molecule has 1 aromatic rings. The van der Waals surface area contributed by atoms with E-state index in [9.17, 15) is 0 Å². The first-order valence-corrected chi connectivity index (χ1v) is 7.24. The van der Waals surface area contributed by atoms with Gasteiger partial charge in [-0.3, -0.25) is 0 Å². The number of halogens is 2. The minimum absolute atomic E-state index is 0.454. The average Bonchev–Trinajstić information content (AvgIpc) is 2.28. The van der Waals surface area contributed by atoms with Crippen LogP contribution in [-0.4, -0.2) is 6.04 Å². The quantitative estimate of drug-likeness (QED) is 0.766. The molecule has 100 valence electrons. The second kappa shape index (κ2) is 5.58. The van der Waals surface area contributed by atoms with Crippen molar-refractivity contribution in [3.8, 4) is 0 Å². The van der Waals surface area contributed by atoms with Crippen molar-refractivity contribution in [1.29, 1.82) is 0 Å². The van der Waals surface area contributed by atoms with Crippen molar-refractivity contribution in [3.63, 3.8) is 0 Å². The summed E-state index contributed by atoms with van der Waals surface area (Å²) in [6.07, 6.45) is 3.59. The van der Waals surface area contributed by atoms with Crippen LogP contribution in [0.4, 0.5) is 11.4 Å². The molecule has 0 aromatic heterocycles. The van der Waals surface area contributed by atoms with Crippen LogP contribution >= 0.6 is 23.2 Å². The zero-order valence-corrected chi connectivity index (χ0v) is 12.4. The maximum absolute atomic E-state index is 6.19. The molecular formula is C14H20Cl2N2. The molecule has 0 saturated heterocycles. The monoisotopic (exact) mass is 286 g/mol. The number of hydrogen-bond donors (Lipinski definition) is 2. The first-order chi connectivity index (χ1) is 8.47. The molecule has 0 bridgehead atoms. The van der Waals surface area contributed by atoms with Gasteiger partial charge in [-0.2, -0.15) is 0 Å². The van der Waals surface area contributed by atoms with E-state index in [1.165, 1.54) is 12.8 Å². The van der Waals surface area contributed by atoms with Gasteiger partial charge in [-0.1, -0.05) is 37.0 Å². The highest BCUT2D eigenvalue weighted by Gasteiger charge is 2.25. The van der Waals surface area contributed by atoms with Gasteiger partial charge in [-0.15, -0.1) is 0 Å². The van der Waals surface area contributed by atoms with Crippen molar-refractivity contribution in [2.75, 3.05) is 11.1 Å². The van der Waals surface area contributed by atoms with E-state index in [1.54, 1.807) is 12.1 Å². The molecule has 3 unspecified atom stereocenters. The number of anilines is 2. The lowest BCUT2D eigenvalue weighted by molar-refractivity contribution is 0.261. The second-order valence-electron chi connectivity index (χ2n) is 5.47. The van der Waals surface area contributed by atoms with Gasteiger partial charge in [-0.25, -0.2) is 0 Å². The number of nitrogens with one attached hydrogen (secondary N) is 1. The van der Waals surface area contributed by atoms with Crippen LogP contribution in [0.15, 0.2) is 12.1 Å². The molecule has 1 aliphatic rings. The lowest BCUT2D eigenvalue weighted by Crippen LogP contribution is -2.30.